The number of halogens is 3. The van der Waals surface area contributed by atoms with Crippen molar-refractivity contribution < 1.29 is 18.0 Å². The number of hydrogen-bond acceptors (Lipinski definition) is 3. The van der Waals surface area contributed by atoms with Gasteiger partial charge in [-0.2, -0.15) is 18.3 Å². The van der Waals surface area contributed by atoms with E-state index >= 15 is 0 Å². The van der Waals surface area contributed by atoms with Crippen molar-refractivity contribution in [3.05, 3.63) is 51.7 Å². The lowest BCUT2D eigenvalue weighted by Crippen LogP contribution is -2.38. The summed E-state index contributed by atoms with van der Waals surface area (Å²) in [4.78, 5) is 24.6. The maximum Gasteiger partial charge on any atom is 0.433 e. The number of nitrogens with one attached hydrogen (secondary N) is 1. The van der Waals surface area contributed by atoms with E-state index in [9.17, 15) is 22.8 Å². The Balaban J connectivity index is 2.18. The summed E-state index contributed by atoms with van der Waals surface area (Å²) in [5, 5.41) is 6.15. The molecular formula is C16H19F3N4O2. The molecule has 0 saturated heterocycles. The molecular weight excluding hydrogens is 337 g/mol. The summed E-state index contributed by atoms with van der Waals surface area (Å²) < 4.78 is 40.4. The van der Waals surface area contributed by atoms with Gasteiger partial charge in [-0.1, -0.05) is 0 Å². The summed E-state index contributed by atoms with van der Waals surface area (Å²) in [5.74, 6) is -0.664. The minimum atomic E-state index is -4.52. The van der Waals surface area contributed by atoms with Gasteiger partial charge in [0.05, 0.1) is 12.2 Å². The average molecular weight is 356 g/mol. The zero-order valence-electron chi connectivity index (χ0n) is 14.3. The van der Waals surface area contributed by atoms with Gasteiger partial charge in [0.15, 0.2) is 0 Å². The normalized spacial score (nSPS) is 12.3. The number of carbonyl (C=O) groups excluding carboxylic acids is 1. The quantitative estimate of drug-likeness (QED) is 0.917. The van der Waals surface area contributed by atoms with Crippen molar-refractivity contribution in [2.75, 3.05) is 0 Å². The van der Waals surface area contributed by atoms with Crippen molar-refractivity contribution in [3.8, 4) is 0 Å². The van der Waals surface area contributed by atoms with Crippen LogP contribution >= 0.6 is 0 Å². The molecule has 0 aliphatic heterocycles. The number of alkyl halides is 3. The van der Waals surface area contributed by atoms with Crippen molar-refractivity contribution in [1.82, 2.24) is 19.7 Å². The lowest BCUT2D eigenvalue weighted by molar-refractivity contribution is -0.143. The minimum Gasteiger partial charge on any atom is -0.346 e. The van der Waals surface area contributed by atoms with Crippen LogP contribution in [-0.2, 0) is 25.3 Å². The summed E-state index contributed by atoms with van der Waals surface area (Å²) in [5.41, 5.74) is -1.91. The molecule has 0 radical (unpaired) electrons. The zero-order chi connectivity index (χ0) is 19.0. The number of pyridine rings is 1. The molecule has 25 heavy (non-hydrogen) atoms. The van der Waals surface area contributed by atoms with Crippen LogP contribution in [0.25, 0.3) is 0 Å². The van der Waals surface area contributed by atoms with Crippen LogP contribution in [0.3, 0.4) is 0 Å². The molecule has 0 unspecified atom stereocenters. The van der Waals surface area contributed by atoms with E-state index in [1.165, 1.54) is 17.7 Å². The highest BCUT2D eigenvalue weighted by atomic mass is 19.4. The summed E-state index contributed by atoms with van der Waals surface area (Å²) in [6.45, 7) is 5.25. The van der Waals surface area contributed by atoms with Gasteiger partial charge in [-0.3, -0.25) is 14.3 Å². The summed E-state index contributed by atoms with van der Waals surface area (Å²) in [7, 11) is 1.17. The van der Waals surface area contributed by atoms with Gasteiger partial charge in [-0.25, -0.2) is 0 Å². The molecule has 0 saturated carbocycles. The first-order valence-corrected chi connectivity index (χ1v) is 7.51. The van der Waals surface area contributed by atoms with Gasteiger partial charge in [0.1, 0.15) is 11.3 Å². The average Bonchev–Trinajstić information content (AvgIpc) is 2.85. The Hall–Kier alpha value is -2.58. The molecule has 2 rings (SSSR count). The van der Waals surface area contributed by atoms with Gasteiger partial charge in [-0.15, -0.1) is 0 Å². The molecule has 2 aromatic rings. The second-order valence-electron chi connectivity index (χ2n) is 6.59. The highest BCUT2D eigenvalue weighted by molar-refractivity contribution is 5.93. The predicted molar refractivity (Wildman–Crippen MR) is 85.1 cm³/mol. The highest BCUT2D eigenvalue weighted by Gasteiger charge is 2.34. The predicted octanol–water partition coefficient (Wildman–Crippen LogP) is 2.29. The van der Waals surface area contributed by atoms with E-state index in [4.69, 9.17) is 0 Å². The third kappa shape index (κ3) is 4.09. The molecule has 0 fully saturated rings. The molecule has 6 nitrogen and oxygen atoms in total. The number of nitrogens with zero attached hydrogens (tertiary/aromatic N) is 3. The van der Waals surface area contributed by atoms with E-state index in [1.807, 2.05) is 20.8 Å². The van der Waals surface area contributed by atoms with Gasteiger partial charge >= 0.3 is 6.18 Å². The Morgan fingerprint density at radius 3 is 2.44 bits per heavy atom. The van der Waals surface area contributed by atoms with Gasteiger partial charge in [0.2, 0.25) is 0 Å². The molecule has 136 valence electrons. The van der Waals surface area contributed by atoms with E-state index in [2.05, 4.69) is 10.4 Å². The minimum absolute atomic E-state index is 0.0512. The van der Waals surface area contributed by atoms with Gasteiger partial charge in [0, 0.05) is 18.8 Å². The van der Waals surface area contributed by atoms with Crippen LogP contribution in [0.5, 0.6) is 0 Å². The number of aromatic nitrogens is 3. The Morgan fingerprint density at radius 2 is 1.92 bits per heavy atom. The van der Waals surface area contributed by atoms with Crippen LogP contribution in [0.15, 0.2) is 29.2 Å². The van der Waals surface area contributed by atoms with Crippen LogP contribution in [0.2, 0.25) is 0 Å². The fourth-order valence-electron chi connectivity index (χ4n) is 2.34. The fraction of sp³-hybridized carbons (Fsp3) is 0.438. The van der Waals surface area contributed by atoms with Crippen molar-refractivity contribution in [1.29, 1.82) is 0 Å². The third-order valence-corrected chi connectivity index (χ3v) is 3.57. The molecule has 2 aromatic heterocycles. The van der Waals surface area contributed by atoms with Gasteiger partial charge < -0.3 is 9.88 Å². The molecule has 0 spiro atoms. The SMILES string of the molecule is Cn1nc(CNC(=O)c2cccn(C(C)(C)C)c2=O)cc1C(F)(F)F. The standard InChI is InChI=1S/C16H19F3N4O2/c1-15(2,3)23-7-5-6-11(14(23)25)13(24)20-9-10-8-12(16(17,18)19)22(4)21-10/h5-8H,9H2,1-4H3,(H,20,24). The van der Waals surface area contributed by atoms with Crippen LogP contribution in [0.4, 0.5) is 13.2 Å². The second kappa shape index (κ2) is 6.38. The van der Waals surface area contributed by atoms with Gasteiger partial charge in [-0.05, 0) is 39.0 Å². The Bertz CT molecular complexity index is 844. The summed E-state index contributed by atoms with van der Waals surface area (Å²) in [6, 6.07) is 3.81. The summed E-state index contributed by atoms with van der Waals surface area (Å²) in [6.07, 6.45) is -2.95. The zero-order valence-corrected chi connectivity index (χ0v) is 14.3. The van der Waals surface area contributed by atoms with Gasteiger partial charge in [0.25, 0.3) is 11.5 Å². The number of carbonyl (C=O) groups is 1. The molecule has 2 heterocycles. The van der Waals surface area contributed by atoms with Crippen LogP contribution in [-0.4, -0.2) is 20.3 Å². The Kier molecular flexibility index (Phi) is 4.79. The fourth-order valence-corrected chi connectivity index (χ4v) is 2.34. The monoisotopic (exact) mass is 356 g/mol. The maximum atomic E-state index is 12.7. The third-order valence-electron chi connectivity index (χ3n) is 3.57. The summed E-state index contributed by atoms with van der Waals surface area (Å²) >= 11 is 0. The number of hydrogen-bond donors (Lipinski definition) is 1. The van der Waals surface area contributed by atoms with Crippen LogP contribution in [0.1, 0.15) is 42.5 Å². The molecule has 1 amide bonds. The molecule has 9 heteroatoms. The molecule has 0 aliphatic rings. The van der Waals surface area contributed by atoms with Crippen LogP contribution in [0, 0.1) is 0 Å². The van der Waals surface area contributed by atoms with Crippen molar-refractivity contribution in [3.63, 3.8) is 0 Å². The Morgan fingerprint density at radius 1 is 1.28 bits per heavy atom. The van der Waals surface area contributed by atoms with E-state index in [1.54, 1.807) is 12.3 Å². The number of amides is 1. The second-order valence-corrected chi connectivity index (χ2v) is 6.59. The molecule has 1 N–H and O–H groups in total. The smallest absolute Gasteiger partial charge is 0.346 e. The Labute approximate surface area is 142 Å². The topological polar surface area (TPSA) is 68.9 Å². The van der Waals surface area contributed by atoms with E-state index in [0.29, 0.717) is 4.68 Å². The largest absolute Gasteiger partial charge is 0.433 e. The molecule has 0 aliphatic carbocycles. The lowest BCUT2D eigenvalue weighted by Gasteiger charge is -2.22. The first-order chi connectivity index (χ1) is 11.4. The maximum absolute atomic E-state index is 12.7. The van der Waals surface area contributed by atoms with E-state index in [-0.39, 0.29) is 17.8 Å². The van der Waals surface area contributed by atoms with Crippen LogP contribution < -0.4 is 10.9 Å². The van der Waals surface area contributed by atoms with E-state index in [0.717, 1.165) is 6.07 Å². The van der Waals surface area contributed by atoms with Crippen molar-refractivity contribution in [2.45, 2.75) is 39.0 Å². The van der Waals surface area contributed by atoms with Crippen molar-refractivity contribution in [2.24, 2.45) is 7.05 Å². The molecule has 0 atom stereocenters. The number of aryl methyl sites for hydroxylation is 1. The highest BCUT2D eigenvalue weighted by Crippen LogP contribution is 2.29. The number of rotatable bonds is 3. The van der Waals surface area contributed by atoms with Crippen molar-refractivity contribution >= 4 is 5.91 Å². The molecule has 0 aromatic carbocycles. The molecule has 0 bridgehead atoms. The first-order valence-electron chi connectivity index (χ1n) is 7.51. The van der Waals surface area contributed by atoms with E-state index < -0.39 is 28.9 Å². The lowest BCUT2D eigenvalue weighted by atomic mass is 10.1. The first kappa shape index (κ1) is 18.8.